The molecule has 0 bridgehead atoms. The lowest BCUT2D eigenvalue weighted by molar-refractivity contribution is 0.375. The van der Waals surface area contributed by atoms with Crippen LogP contribution in [-0.4, -0.2) is 5.54 Å². The third kappa shape index (κ3) is 3.13. The lowest BCUT2D eigenvalue weighted by atomic mass is 10.0. The van der Waals surface area contributed by atoms with Crippen LogP contribution in [0.2, 0.25) is 0 Å². The van der Waals surface area contributed by atoms with Crippen LogP contribution in [-0.2, 0) is 6.54 Å². The van der Waals surface area contributed by atoms with Gasteiger partial charge in [0, 0.05) is 12.1 Å². The molecule has 2 nitrogen and oxygen atoms in total. The predicted octanol–water partition coefficient (Wildman–Crippen LogP) is 2.90. The Morgan fingerprint density at radius 3 is 2.79 bits per heavy atom. The summed E-state index contributed by atoms with van der Waals surface area (Å²) < 4.78 is 0. The van der Waals surface area contributed by atoms with Crippen LogP contribution in [0.4, 0.5) is 0 Å². The Labute approximate surface area is 89.6 Å². The fourth-order valence-corrected chi connectivity index (χ4v) is 1.70. The second-order valence-electron chi connectivity index (χ2n) is 4.02. The molecule has 0 spiro atoms. The first-order valence-electron chi connectivity index (χ1n) is 4.80. The summed E-state index contributed by atoms with van der Waals surface area (Å²) in [6.07, 6.45) is 1.10. The number of rotatable bonds is 4. The SMILES string of the molecule is CCC(C)(C)NCc1csc(C#N)c1. The minimum absolute atomic E-state index is 0.175. The Hall–Kier alpha value is -0.850. The highest BCUT2D eigenvalue weighted by Crippen LogP contribution is 2.15. The van der Waals surface area contributed by atoms with Crippen molar-refractivity contribution in [3.63, 3.8) is 0 Å². The van der Waals surface area contributed by atoms with Crippen molar-refractivity contribution in [2.24, 2.45) is 0 Å². The number of nitrogens with zero attached hydrogens (tertiary/aromatic N) is 1. The lowest BCUT2D eigenvalue weighted by Gasteiger charge is -2.24. The van der Waals surface area contributed by atoms with E-state index in [2.05, 4.69) is 32.2 Å². The minimum Gasteiger partial charge on any atom is -0.308 e. The largest absolute Gasteiger partial charge is 0.308 e. The number of nitrogens with one attached hydrogen (secondary N) is 1. The van der Waals surface area contributed by atoms with Crippen LogP contribution >= 0.6 is 11.3 Å². The molecule has 0 aliphatic rings. The first kappa shape index (κ1) is 11.2. The Kier molecular flexibility index (Phi) is 3.68. The minimum atomic E-state index is 0.175. The van der Waals surface area contributed by atoms with Crippen molar-refractivity contribution in [3.8, 4) is 6.07 Å². The molecule has 0 fully saturated rings. The van der Waals surface area contributed by atoms with Crippen molar-refractivity contribution in [1.29, 1.82) is 5.26 Å². The Morgan fingerprint density at radius 1 is 1.57 bits per heavy atom. The van der Waals surface area contributed by atoms with E-state index in [1.54, 1.807) is 0 Å². The molecule has 0 aliphatic carbocycles. The van der Waals surface area contributed by atoms with Crippen LogP contribution in [0.1, 0.15) is 37.6 Å². The molecule has 1 aromatic heterocycles. The van der Waals surface area contributed by atoms with Gasteiger partial charge in [0.15, 0.2) is 0 Å². The van der Waals surface area contributed by atoms with Crippen LogP contribution in [0.25, 0.3) is 0 Å². The molecule has 0 aliphatic heterocycles. The van der Waals surface area contributed by atoms with Crippen molar-refractivity contribution in [1.82, 2.24) is 5.32 Å². The van der Waals surface area contributed by atoms with Crippen LogP contribution in [0, 0.1) is 11.3 Å². The molecule has 1 N–H and O–H groups in total. The van der Waals surface area contributed by atoms with Gasteiger partial charge in [-0.1, -0.05) is 6.92 Å². The molecule has 3 heteroatoms. The summed E-state index contributed by atoms with van der Waals surface area (Å²) in [6.45, 7) is 7.38. The maximum Gasteiger partial charge on any atom is 0.110 e. The molecule has 0 radical (unpaired) electrons. The van der Waals surface area contributed by atoms with E-state index < -0.39 is 0 Å². The molecule has 0 atom stereocenters. The molecule has 0 saturated heterocycles. The van der Waals surface area contributed by atoms with Crippen LogP contribution in [0.15, 0.2) is 11.4 Å². The van der Waals surface area contributed by atoms with Crippen molar-refractivity contribution in [3.05, 3.63) is 21.9 Å². The molecule has 0 unspecified atom stereocenters. The smallest absolute Gasteiger partial charge is 0.110 e. The third-order valence-corrected chi connectivity index (χ3v) is 3.30. The van der Waals surface area contributed by atoms with Gasteiger partial charge in [-0.15, -0.1) is 11.3 Å². The second kappa shape index (κ2) is 4.59. The topological polar surface area (TPSA) is 35.8 Å². The summed E-state index contributed by atoms with van der Waals surface area (Å²) in [5.41, 5.74) is 1.38. The van der Waals surface area contributed by atoms with E-state index in [0.717, 1.165) is 17.8 Å². The number of hydrogen-bond donors (Lipinski definition) is 1. The maximum absolute atomic E-state index is 8.67. The van der Waals surface area contributed by atoms with E-state index >= 15 is 0 Å². The van der Waals surface area contributed by atoms with E-state index in [4.69, 9.17) is 5.26 Å². The van der Waals surface area contributed by atoms with Gasteiger partial charge in [-0.25, -0.2) is 0 Å². The first-order chi connectivity index (χ1) is 6.57. The van der Waals surface area contributed by atoms with E-state index in [1.165, 1.54) is 16.9 Å². The summed E-state index contributed by atoms with van der Waals surface area (Å²) in [6, 6.07) is 4.10. The zero-order valence-electron chi connectivity index (χ0n) is 8.92. The first-order valence-corrected chi connectivity index (χ1v) is 5.68. The van der Waals surface area contributed by atoms with Crippen molar-refractivity contribution >= 4 is 11.3 Å². The molecule has 1 aromatic rings. The van der Waals surface area contributed by atoms with Gasteiger partial charge in [0.05, 0.1) is 0 Å². The molecular formula is C11H16N2S. The zero-order valence-corrected chi connectivity index (χ0v) is 9.74. The van der Waals surface area contributed by atoms with E-state index in [9.17, 15) is 0 Å². The molecule has 0 saturated carbocycles. The highest BCUT2D eigenvalue weighted by molar-refractivity contribution is 7.10. The van der Waals surface area contributed by atoms with Gasteiger partial charge in [0.25, 0.3) is 0 Å². The molecule has 1 heterocycles. The molecule has 0 amide bonds. The van der Waals surface area contributed by atoms with Gasteiger partial charge in [0.2, 0.25) is 0 Å². The van der Waals surface area contributed by atoms with Gasteiger partial charge in [-0.05, 0) is 37.3 Å². The Bertz CT molecular complexity index is 333. The van der Waals surface area contributed by atoms with E-state index in [1.807, 2.05) is 11.4 Å². The van der Waals surface area contributed by atoms with Crippen molar-refractivity contribution in [2.75, 3.05) is 0 Å². The fraction of sp³-hybridized carbons (Fsp3) is 0.545. The third-order valence-electron chi connectivity index (χ3n) is 2.42. The van der Waals surface area contributed by atoms with E-state index in [-0.39, 0.29) is 5.54 Å². The predicted molar refractivity (Wildman–Crippen MR) is 60.2 cm³/mol. The maximum atomic E-state index is 8.67. The van der Waals surface area contributed by atoms with Crippen molar-refractivity contribution < 1.29 is 0 Å². The van der Waals surface area contributed by atoms with Crippen molar-refractivity contribution in [2.45, 2.75) is 39.3 Å². The van der Waals surface area contributed by atoms with Gasteiger partial charge < -0.3 is 5.32 Å². The summed E-state index contributed by atoms with van der Waals surface area (Å²) in [5.74, 6) is 0. The molecular weight excluding hydrogens is 192 g/mol. The monoisotopic (exact) mass is 208 g/mol. The van der Waals surface area contributed by atoms with Gasteiger partial charge in [-0.3, -0.25) is 0 Å². The Balaban J connectivity index is 2.50. The number of nitriles is 1. The second-order valence-corrected chi connectivity index (χ2v) is 4.93. The average Bonchev–Trinajstić information content (AvgIpc) is 2.63. The number of hydrogen-bond acceptors (Lipinski definition) is 3. The molecule has 76 valence electrons. The Morgan fingerprint density at radius 2 is 2.29 bits per heavy atom. The summed E-state index contributed by atoms with van der Waals surface area (Å²) in [7, 11) is 0. The fourth-order valence-electron chi connectivity index (χ4n) is 0.993. The van der Waals surface area contributed by atoms with Gasteiger partial charge >= 0.3 is 0 Å². The normalized spacial score (nSPS) is 11.3. The van der Waals surface area contributed by atoms with Crippen LogP contribution in [0.5, 0.6) is 0 Å². The lowest BCUT2D eigenvalue weighted by Crippen LogP contribution is -2.37. The highest BCUT2D eigenvalue weighted by Gasteiger charge is 2.13. The molecule has 0 aromatic carbocycles. The average molecular weight is 208 g/mol. The standard InChI is InChI=1S/C11H16N2S/c1-4-11(2,3)13-7-9-5-10(6-12)14-8-9/h5,8,13H,4,7H2,1-3H3. The quantitative estimate of drug-likeness (QED) is 0.826. The van der Waals surface area contributed by atoms with Crippen LogP contribution in [0.3, 0.4) is 0 Å². The molecule has 1 rings (SSSR count). The summed E-state index contributed by atoms with van der Waals surface area (Å²) in [5, 5.41) is 14.2. The summed E-state index contributed by atoms with van der Waals surface area (Å²) in [4.78, 5) is 0.788. The van der Waals surface area contributed by atoms with Crippen LogP contribution < -0.4 is 5.32 Å². The summed E-state index contributed by atoms with van der Waals surface area (Å²) >= 11 is 1.51. The zero-order chi connectivity index (χ0) is 10.6. The number of thiophene rings is 1. The van der Waals surface area contributed by atoms with Gasteiger partial charge in [-0.2, -0.15) is 5.26 Å². The highest BCUT2D eigenvalue weighted by atomic mass is 32.1. The van der Waals surface area contributed by atoms with Gasteiger partial charge in [0.1, 0.15) is 10.9 Å². The molecule has 14 heavy (non-hydrogen) atoms. The van der Waals surface area contributed by atoms with E-state index in [0.29, 0.717) is 0 Å².